The molecule has 2 rings (SSSR count). The van der Waals surface area contributed by atoms with Crippen LogP contribution in [-0.2, 0) is 4.79 Å². The zero-order valence-electron chi connectivity index (χ0n) is 12.5. The summed E-state index contributed by atoms with van der Waals surface area (Å²) in [7, 11) is 0. The second-order valence-corrected chi connectivity index (χ2v) is 6.02. The van der Waals surface area contributed by atoms with Crippen LogP contribution in [0.15, 0.2) is 0 Å². The molecule has 2 N–H and O–H groups in total. The number of nitrogens with zero attached hydrogens (tertiary/aromatic N) is 1. The second-order valence-electron chi connectivity index (χ2n) is 6.02. The molecule has 0 aromatic carbocycles. The highest BCUT2D eigenvalue weighted by molar-refractivity contribution is 5.85. The van der Waals surface area contributed by atoms with E-state index < -0.39 is 0 Å². The summed E-state index contributed by atoms with van der Waals surface area (Å²) < 4.78 is 0. The van der Waals surface area contributed by atoms with Crippen molar-refractivity contribution in [3.05, 3.63) is 0 Å². The van der Waals surface area contributed by atoms with Crippen LogP contribution in [0.5, 0.6) is 0 Å². The molecule has 0 spiro atoms. The molecule has 0 bridgehead atoms. The average Bonchev–Trinajstić information content (AvgIpc) is 2.68. The molecule has 5 heteroatoms. The smallest absolute Gasteiger partial charge is 0.234 e. The third-order valence-corrected chi connectivity index (χ3v) is 4.40. The molecule has 1 saturated heterocycles. The van der Waals surface area contributed by atoms with Gasteiger partial charge in [-0.1, -0.05) is 32.1 Å². The van der Waals surface area contributed by atoms with Gasteiger partial charge in [-0.25, -0.2) is 0 Å². The highest BCUT2D eigenvalue weighted by Crippen LogP contribution is 2.25. The number of hydrogen-bond acceptors (Lipinski definition) is 3. The molecule has 118 valence electrons. The van der Waals surface area contributed by atoms with E-state index in [0.29, 0.717) is 6.54 Å². The molecule has 0 unspecified atom stereocenters. The topological polar surface area (TPSA) is 44.4 Å². The molecule has 2 fully saturated rings. The molecular formula is C15H30ClN3O. The summed E-state index contributed by atoms with van der Waals surface area (Å²) in [5.41, 5.74) is 0. The van der Waals surface area contributed by atoms with Gasteiger partial charge in [0.2, 0.25) is 5.91 Å². The lowest BCUT2D eigenvalue weighted by Crippen LogP contribution is -2.39. The largest absolute Gasteiger partial charge is 0.355 e. The van der Waals surface area contributed by atoms with Crippen molar-refractivity contribution in [1.29, 1.82) is 0 Å². The Hall–Kier alpha value is -0.320. The lowest BCUT2D eigenvalue weighted by Gasteiger charge is -2.22. The molecule has 0 aromatic heterocycles. The molecule has 0 radical (unpaired) electrons. The minimum atomic E-state index is 0. The summed E-state index contributed by atoms with van der Waals surface area (Å²) in [6.45, 7) is 5.58. The summed E-state index contributed by atoms with van der Waals surface area (Å²) >= 11 is 0. The third-order valence-electron chi connectivity index (χ3n) is 4.40. The fourth-order valence-corrected chi connectivity index (χ4v) is 3.21. The summed E-state index contributed by atoms with van der Waals surface area (Å²) in [6, 6.07) is 0. The molecule has 1 aliphatic heterocycles. The molecule has 1 heterocycles. The first-order chi connectivity index (χ1) is 9.34. The van der Waals surface area contributed by atoms with Crippen molar-refractivity contribution in [3.63, 3.8) is 0 Å². The normalized spacial score (nSPS) is 21.8. The highest BCUT2D eigenvalue weighted by Gasteiger charge is 2.15. The summed E-state index contributed by atoms with van der Waals surface area (Å²) in [4.78, 5) is 14.2. The lowest BCUT2D eigenvalue weighted by atomic mass is 9.87. The van der Waals surface area contributed by atoms with E-state index in [4.69, 9.17) is 0 Å². The van der Waals surface area contributed by atoms with Crippen LogP contribution in [0.25, 0.3) is 0 Å². The Morgan fingerprint density at radius 1 is 1.10 bits per heavy atom. The molecule has 1 amide bonds. The summed E-state index contributed by atoms with van der Waals surface area (Å²) in [5, 5.41) is 6.46. The predicted octanol–water partition coefficient (Wildman–Crippen LogP) is 1.79. The quantitative estimate of drug-likeness (QED) is 0.814. The Balaban J connectivity index is 0.00000200. The minimum Gasteiger partial charge on any atom is -0.355 e. The molecule has 1 saturated carbocycles. The van der Waals surface area contributed by atoms with Gasteiger partial charge >= 0.3 is 0 Å². The van der Waals surface area contributed by atoms with E-state index in [2.05, 4.69) is 15.5 Å². The van der Waals surface area contributed by atoms with Crippen LogP contribution in [0.2, 0.25) is 0 Å². The molecule has 2 aliphatic rings. The van der Waals surface area contributed by atoms with Gasteiger partial charge in [-0.15, -0.1) is 12.4 Å². The van der Waals surface area contributed by atoms with Crippen molar-refractivity contribution < 1.29 is 4.79 Å². The lowest BCUT2D eigenvalue weighted by molar-refractivity contribution is -0.122. The van der Waals surface area contributed by atoms with Crippen molar-refractivity contribution in [2.24, 2.45) is 5.92 Å². The summed E-state index contributed by atoms with van der Waals surface area (Å²) in [5.74, 6) is 1.06. The Morgan fingerprint density at radius 2 is 1.90 bits per heavy atom. The van der Waals surface area contributed by atoms with Crippen molar-refractivity contribution >= 4 is 18.3 Å². The molecule has 0 atom stereocenters. The first-order valence-electron chi connectivity index (χ1n) is 8.04. The zero-order valence-corrected chi connectivity index (χ0v) is 13.3. The SMILES string of the molecule is Cl.O=C(CN1CCCNCC1)NCCC1CCCCC1. The first-order valence-corrected chi connectivity index (χ1v) is 8.04. The maximum atomic E-state index is 11.9. The first kappa shape index (κ1) is 17.7. The van der Waals surface area contributed by atoms with Gasteiger partial charge in [0.15, 0.2) is 0 Å². The van der Waals surface area contributed by atoms with E-state index in [1.165, 1.54) is 38.5 Å². The Kier molecular flexibility index (Phi) is 9.23. The van der Waals surface area contributed by atoms with Crippen molar-refractivity contribution in [2.45, 2.75) is 44.9 Å². The van der Waals surface area contributed by atoms with Crippen molar-refractivity contribution in [1.82, 2.24) is 15.5 Å². The van der Waals surface area contributed by atoms with Crippen LogP contribution in [0, 0.1) is 5.92 Å². The van der Waals surface area contributed by atoms with Gasteiger partial charge in [-0.3, -0.25) is 9.69 Å². The monoisotopic (exact) mass is 303 g/mol. The van der Waals surface area contributed by atoms with Crippen molar-refractivity contribution in [3.8, 4) is 0 Å². The van der Waals surface area contributed by atoms with Crippen LogP contribution < -0.4 is 10.6 Å². The molecule has 20 heavy (non-hydrogen) atoms. The molecular weight excluding hydrogens is 274 g/mol. The van der Waals surface area contributed by atoms with Gasteiger partial charge in [0.05, 0.1) is 6.54 Å². The van der Waals surface area contributed by atoms with Crippen LogP contribution in [0.4, 0.5) is 0 Å². The Bertz CT molecular complexity index is 262. The fraction of sp³-hybridized carbons (Fsp3) is 0.933. The number of carbonyl (C=O) groups excluding carboxylic acids is 1. The number of hydrogen-bond donors (Lipinski definition) is 2. The summed E-state index contributed by atoms with van der Waals surface area (Å²) in [6.07, 6.45) is 9.24. The Labute approximate surface area is 129 Å². The average molecular weight is 304 g/mol. The number of nitrogens with one attached hydrogen (secondary N) is 2. The zero-order chi connectivity index (χ0) is 13.3. The molecule has 0 aromatic rings. The second kappa shape index (κ2) is 10.4. The number of rotatable bonds is 5. The fourth-order valence-electron chi connectivity index (χ4n) is 3.21. The Morgan fingerprint density at radius 3 is 2.70 bits per heavy atom. The molecule has 4 nitrogen and oxygen atoms in total. The number of amides is 1. The van der Waals surface area contributed by atoms with Crippen LogP contribution in [0.3, 0.4) is 0 Å². The van der Waals surface area contributed by atoms with E-state index in [1.54, 1.807) is 0 Å². The van der Waals surface area contributed by atoms with E-state index >= 15 is 0 Å². The number of carbonyl (C=O) groups is 1. The maximum Gasteiger partial charge on any atom is 0.234 e. The van der Waals surface area contributed by atoms with E-state index in [1.807, 2.05) is 0 Å². The number of halogens is 1. The standard InChI is InChI=1S/C15H29N3O.ClH/c19-15(13-18-11-4-8-16-10-12-18)17-9-7-14-5-2-1-3-6-14;/h14,16H,1-13H2,(H,17,19);1H. The van der Waals surface area contributed by atoms with Crippen LogP contribution in [-0.4, -0.2) is 50.1 Å². The van der Waals surface area contributed by atoms with Crippen LogP contribution >= 0.6 is 12.4 Å². The minimum absolute atomic E-state index is 0. The predicted molar refractivity (Wildman–Crippen MR) is 85.4 cm³/mol. The van der Waals surface area contributed by atoms with Gasteiger partial charge in [0.25, 0.3) is 0 Å². The van der Waals surface area contributed by atoms with E-state index in [9.17, 15) is 4.79 Å². The molecule has 1 aliphatic carbocycles. The van der Waals surface area contributed by atoms with Crippen molar-refractivity contribution in [2.75, 3.05) is 39.3 Å². The van der Waals surface area contributed by atoms with Gasteiger partial charge in [0, 0.05) is 19.6 Å². The highest BCUT2D eigenvalue weighted by atomic mass is 35.5. The van der Waals surface area contributed by atoms with Gasteiger partial charge < -0.3 is 10.6 Å². The van der Waals surface area contributed by atoms with Gasteiger partial charge in [-0.2, -0.15) is 0 Å². The van der Waals surface area contributed by atoms with Gasteiger partial charge in [0.1, 0.15) is 0 Å². The van der Waals surface area contributed by atoms with E-state index in [0.717, 1.165) is 45.1 Å². The van der Waals surface area contributed by atoms with Crippen LogP contribution in [0.1, 0.15) is 44.9 Å². The third kappa shape index (κ3) is 6.91. The van der Waals surface area contributed by atoms with Gasteiger partial charge in [-0.05, 0) is 31.8 Å². The van der Waals surface area contributed by atoms with E-state index in [-0.39, 0.29) is 18.3 Å². The maximum absolute atomic E-state index is 11.9.